The Bertz CT molecular complexity index is 1370. The van der Waals surface area contributed by atoms with Gasteiger partial charge >= 0.3 is 0 Å². The number of para-hydroxylation sites is 1. The Morgan fingerprint density at radius 2 is 1.46 bits per heavy atom. The van der Waals surface area contributed by atoms with Crippen molar-refractivity contribution in [3.63, 3.8) is 0 Å². The minimum atomic E-state index is -0.442. The molecule has 0 saturated carbocycles. The molecule has 6 nitrogen and oxygen atoms in total. The third-order valence-electron chi connectivity index (χ3n) is 6.32. The molecule has 1 atom stereocenters. The molecule has 0 aliphatic rings. The number of amides is 2. The fourth-order valence-electron chi connectivity index (χ4n) is 4.56. The Labute approximate surface area is 235 Å². The summed E-state index contributed by atoms with van der Waals surface area (Å²) in [6.45, 7) is 9.26. The topological polar surface area (TPSA) is 74.3 Å². The molecular formula is C32H36N4O2S. The maximum Gasteiger partial charge on any atom is 0.289 e. The van der Waals surface area contributed by atoms with Crippen LogP contribution >= 0.6 is 11.3 Å². The van der Waals surface area contributed by atoms with Crippen LogP contribution in [0, 0.1) is 11.8 Å². The highest BCUT2D eigenvalue weighted by Gasteiger charge is 2.26. The first-order chi connectivity index (χ1) is 18.8. The van der Waals surface area contributed by atoms with E-state index in [1.807, 2.05) is 84.9 Å². The number of rotatable bonds is 10. The molecule has 7 heteroatoms. The summed E-state index contributed by atoms with van der Waals surface area (Å²) in [5, 5.41) is 2.46. The van der Waals surface area contributed by atoms with Crippen molar-refractivity contribution in [2.24, 2.45) is 11.8 Å². The van der Waals surface area contributed by atoms with Crippen molar-refractivity contribution in [1.82, 2.24) is 15.8 Å². The SMILES string of the molecule is CC(C)CC(C(=O)NNC(=O)c1csc(N(CC(C)C)c2ccccc2)n1)c1ccccc1-c1ccccc1. The van der Waals surface area contributed by atoms with Gasteiger partial charge in [0, 0.05) is 17.6 Å². The third-order valence-corrected chi connectivity index (χ3v) is 7.18. The summed E-state index contributed by atoms with van der Waals surface area (Å²) in [4.78, 5) is 33.2. The fourth-order valence-corrected chi connectivity index (χ4v) is 5.39. The van der Waals surface area contributed by atoms with Crippen molar-refractivity contribution < 1.29 is 9.59 Å². The highest BCUT2D eigenvalue weighted by Crippen LogP contribution is 2.33. The molecular weight excluding hydrogens is 504 g/mol. The number of hydrazine groups is 1. The molecule has 1 heterocycles. The van der Waals surface area contributed by atoms with Gasteiger partial charge in [-0.1, -0.05) is 100 Å². The second kappa shape index (κ2) is 13.2. The molecule has 0 saturated heterocycles. The number of aromatic nitrogens is 1. The van der Waals surface area contributed by atoms with Gasteiger partial charge in [-0.3, -0.25) is 20.4 Å². The minimum absolute atomic E-state index is 0.249. The molecule has 202 valence electrons. The van der Waals surface area contributed by atoms with Crippen molar-refractivity contribution in [2.45, 2.75) is 40.0 Å². The van der Waals surface area contributed by atoms with Gasteiger partial charge in [-0.25, -0.2) is 4.98 Å². The molecule has 0 fully saturated rings. The van der Waals surface area contributed by atoms with Gasteiger partial charge in [-0.05, 0) is 47.1 Å². The summed E-state index contributed by atoms with van der Waals surface area (Å²) < 4.78 is 0. The molecule has 3 aromatic carbocycles. The number of nitrogens with one attached hydrogen (secondary N) is 2. The smallest absolute Gasteiger partial charge is 0.289 e. The second-order valence-electron chi connectivity index (χ2n) is 10.4. The van der Waals surface area contributed by atoms with Crippen molar-refractivity contribution >= 4 is 34.0 Å². The lowest BCUT2D eigenvalue weighted by Gasteiger charge is -2.24. The van der Waals surface area contributed by atoms with E-state index in [9.17, 15) is 9.59 Å². The Morgan fingerprint density at radius 1 is 0.821 bits per heavy atom. The molecule has 0 aliphatic carbocycles. The zero-order chi connectivity index (χ0) is 27.8. The molecule has 0 radical (unpaired) electrons. The van der Waals surface area contributed by atoms with Gasteiger partial charge in [-0.2, -0.15) is 0 Å². The van der Waals surface area contributed by atoms with Crippen LogP contribution in [-0.2, 0) is 4.79 Å². The largest absolute Gasteiger partial charge is 0.318 e. The molecule has 0 bridgehead atoms. The van der Waals surface area contributed by atoms with E-state index in [0.29, 0.717) is 12.3 Å². The van der Waals surface area contributed by atoms with Gasteiger partial charge in [0.25, 0.3) is 5.91 Å². The van der Waals surface area contributed by atoms with E-state index in [1.165, 1.54) is 11.3 Å². The molecule has 4 rings (SSSR count). The predicted octanol–water partition coefficient (Wildman–Crippen LogP) is 7.20. The third kappa shape index (κ3) is 7.33. The number of carbonyl (C=O) groups is 2. The monoisotopic (exact) mass is 540 g/mol. The highest BCUT2D eigenvalue weighted by molar-refractivity contribution is 7.14. The van der Waals surface area contributed by atoms with Gasteiger partial charge in [0.05, 0.1) is 5.92 Å². The maximum atomic E-state index is 13.5. The molecule has 4 aromatic rings. The lowest BCUT2D eigenvalue weighted by molar-refractivity contribution is -0.123. The van der Waals surface area contributed by atoms with Crippen molar-refractivity contribution in [3.8, 4) is 11.1 Å². The van der Waals surface area contributed by atoms with Crippen LogP contribution in [0.25, 0.3) is 11.1 Å². The lowest BCUT2D eigenvalue weighted by Crippen LogP contribution is -2.44. The molecule has 0 spiro atoms. The van der Waals surface area contributed by atoms with Crippen molar-refractivity contribution in [3.05, 3.63) is 102 Å². The van der Waals surface area contributed by atoms with Crippen molar-refractivity contribution in [1.29, 1.82) is 0 Å². The number of carbonyl (C=O) groups excluding carboxylic acids is 2. The Hall–Kier alpha value is -3.97. The molecule has 1 aromatic heterocycles. The predicted molar refractivity (Wildman–Crippen MR) is 160 cm³/mol. The molecule has 2 N–H and O–H groups in total. The maximum absolute atomic E-state index is 13.5. The number of anilines is 2. The molecule has 2 amide bonds. The van der Waals surface area contributed by atoms with Gasteiger partial charge in [0.2, 0.25) is 5.91 Å². The number of hydrogen-bond acceptors (Lipinski definition) is 5. The summed E-state index contributed by atoms with van der Waals surface area (Å²) in [5.41, 5.74) is 9.58. The molecule has 1 unspecified atom stereocenters. The van der Waals surface area contributed by atoms with Gasteiger partial charge in [0.1, 0.15) is 5.69 Å². The quantitative estimate of drug-likeness (QED) is 0.209. The number of thiazole rings is 1. The van der Waals surface area contributed by atoms with Gasteiger partial charge in [0.15, 0.2) is 5.13 Å². The fraction of sp³-hybridized carbons (Fsp3) is 0.281. The van der Waals surface area contributed by atoms with E-state index in [2.05, 4.69) is 48.4 Å². The highest BCUT2D eigenvalue weighted by atomic mass is 32.1. The minimum Gasteiger partial charge on any atom is -0.318 e. The van der Waals surface area contributed by atoms with E-state index in [1.54, 1.807) is 5.38 Å². The average molecular weight is 541 g/mol. The standard InChI is InChI=1S/C32H36N4O2S/c1-22(2)19-28(27-18-12-11-17-26(27)24-13-7-5-8-14-24)30(37)34-35-31(38)29-21-39-32(33-29)36(20-23(3)4)25-15-9-6-10-16-25/h5-18,21-23,28H,19-20H2,1-4H3,(H,34,37)(H,35,38). The first-order valence-corrected chi connectivity index (χ1v) is 14.2. The van der Waals surface area contributed by atoms with Crippen LogP contribution in [0.3, 0.4) is 0 Å². The summed E-state index contributed by atoms with van der Waals surface area (Å²) in [6, 6.07) is 28.0. The Kier molecular flexibility index (Phi) is 9.49. The van der Waals surface area contributed by atoms with Gasteiger partial charge in [-0.15, -0.1) is 11.3 Å². The Morgan fingerprint density at radius 3 is 2.13 bits per heavy atom. The molecule has 0 aliphatic heterocycles. The van der Waals surface area contributed by atoms with Gasteiger partial charge < -0.3 is 4.90 Å². The first kappa shape index (κ1) is 28.0. The zero-order valence-corrected chi connectivity index (χ0v) is 23.7. The zero-order valence-electron chi connectivity index (χ0n) is 22.9. The Balaban J connectivity index is 1.50. The lowest BCUT2D eigenvalue weighted by atomic mass is 9.85. The van der Waals surface area contributed by atoms with Crippen LogP contribution in [0.5, 0.6) is 0 Å². The normalized spacial score (nSPS) is 11.8. The van der Waals surface area contributed by atoms with Crippen LogP contribution in [0.4, 0.5) is 10.8 Å². The number of hydrogen-bond donors (Lipinski definition) is 2. The average Bonchev–Trinajstić information content (AvgIpc) is 3.44. The van der Waals surface area contributed by atoms with Crippen molar-refractivity contribution in [2.75, 3.05) is 11.4 Å². The van der Waals surface area contributed by atoms with E-state index in [-0.39, 0.29) is 17.5 Å². The molecule has 39 heavy (non-hydrogen) atoms. The van der Waals surface area contributed by atoms with Crippen LogP contribution in [0.2, 0.25) is 0 Å². The van der Waals surface area contributed by atoms with E-state index < -0.39 is 11.8 Å². The van der Waals surface area contributed by atoms with Crippen LogP contribution < -0.4 is 15.8 Å². The number of nitrogens with zero attached hydrogens (tertiary/aromatic N) is 2. The number of benzene rings is 3. The summed E-state index contributed by atoms with van der Waals surface area (Å²) >= 11 is 1.41. The van der Waals surface area contributed by atoms with E-state index in [0.717, 1.165) is 34.1 Å². The van der Waals surface area contributed by atoms with Crippen LogP contribution in [-0.4, -0.2) is 23.3 Å². The summed E-state index contributed by atoms with van der Waals surface area (Å²) in [5.74, 6) is -0.425. The summed E-state index contributed by atoms with van der Waals surface area (Å²) in [7, 11) is 0. The first-order valence-electron chi connectivity index (χ1n) is 13.4. The second-order valence-corrected chi connectivity index (χ2v) is 11.3. The van der Waals surface area contributed by atoms with Crippen LogP contribution in [0.1, 0.15) is 56.1 Å². The van der Waals surface area contributed by atoms with E-state index >= 15 is 0 Å². The van der Waals surface area contributed by atoms with E-state index in [4.69, 9.17) is 0 Å². The van der Waals surface area contributed by atoms with Crippen LogP contribution in [0.15, 0.2) is 90.3 Å². The summed E-state index contributed by atoms with van der Waals surface area (Å²) in [6.07, 6.45) is 0.646.